The minimum absolute atomic E-state index is 0.0454. The molecule has 0 aromatic carbocycles. The summed E-state index contributed by atoms with van der Waals surface area (Å²) in [5, 5.41) is 8.23. The van der Waals surface area contributed by atoms with Gasteiger partial charge in [0.25, 0.3) is 0 Å². The highest BCUT2D eigenvalue weighted by molar-refractivity contribution is 5.98. The summed E-state index contributed by atoms with van der Waals surface area (Å²) in [5.41, 5.74) is 0.462. The van der Waals surface area contributed by atoms with Gasteiger partial charge < -0.3 is 9.84 Å². The lowest BCUT2D eigenvalue weighted by Gasteiger charge is -1.97. The van der Waals surface area contributed by atoms with Crippen molar-refractivity contribution in [3.8, 4) is 0 Å². The van der Waals surface area contributed by atoms with Gasteiger partial charge >= 0.3 is 11.9 Å². The number of aliphatic carboxylic acids is 1. The summed E-state index contributed by atoms with van der Waals surface area (Å²) in [4.78, 5) is 24.3. The van der Waals surface area contributed by atoms with Crippen molar-refractivity contribution in [2.24, 2.45) is 4.99 Å². The number of carboxylic acid groups (broad SMARTS) is 1. The predicted octanol–water partition coefficient (Wildman–Crippen LogP) is 0.0950. The Morgan fingerprint density at radius 3 is 2.50 bits per heavy atom. The van der Waals surface area contributed by atoms with Gasteiger partial charge in [0.2, 0.25) is 0 Å². The normalized spacial score (nSPS) is 11.0. The Morgan fingerprint density at radius 2 is 2.08 bits per heavy atom. The number of hydrogen-bond acceptors (Lipinski definition) is 4. The lowest BCUT2D eigenvalue weighted by molar-refractivity contribution is -0.139. The van der Waals surface area contributed by atoms with Crippen LogP contribution in [0.2, 0.25) is 0 Å². The van der Waals surface area contributed by atoms with Gasteiger partial charge in [-0.3, -0.25) is 14.6 Å². The highest BCUT2D eigenvalue weighted by Crippen LogP contribution is 1.89. The minimum atomic E-state index is -1.01. The second-order valence-corrected chi connectivity index (χ2v) is 2.20. The van der Waals surface area contributed by atoms with Crippen LogP contribution in [0.1, 0.15) is 13.3 Å². The molecule has 0 amide bonds. The number of methoxy groups -OCH3 is 1. The summed E-state index contributed by atoms with van der Waals surface area (Å²) in [7, 11) is 1.27. The van der Waals surface area contributed by atoms with Gasteiger partial charge in [-0.2, -0.15) is 0 Å². The van der Waals surface area contributed by atoms with Gasteiger partial charge in [0, 0.05) is 5.71 Å². The predicted molar refractivity (Wildman–Crippen MR) is 42.2 cm³/mol. The molecule has 0 aliphatic heterocycles. The highest BCUT2D eigenvalue weighted by atomic mass is 16.5. The molecule has 5 nitrogen and oxygen atoms in total. The number of hydrogen-bond donors (Lipinski definition) is 1. The van der Waals surface area contributed by atoms with Gasteiger partial charge in [0.15, 0.2) is 0 Å². The molecule has 0 radical (unpaired) electrons. The molecule has 0 unspecified atom stereocenters. The maximum absolute atomic E-state index is 10.6. The topological polar surface area (TPSA) is 76.0 Å². The molecule has 0 atom stereocenters. The molecule has 0 bridgehead atoms. The lowest BCUT2D eigenvalue weighted by atomic mass is 10.3. The van der Waals surface area contributed by atoms with Crippen molar-refractivity contribution in [1.82, 2.24) is 0 Å². The third-order valence-corrected chi connectivity index (χ3v) is 1.11. The van der Waals surface area contributed by atoms with E-state index in [0.29, 0.717) is 5.71 Å². The van der Waals surface area contributed by atoms with Gasteiger partial charge in [0.05, 0.1) is 13.5 Å². The van der Waals surface area contributed by atoms with E-state index < -0.39 is 11.9 Å². The van der Waals surface area contributed by atoms with Crippen molar-refractivity contribution >= 4 is 17.7 Å². The lowest BCUT2D eigenvalue weighted by Crippen LogP contribution is -2.09. The Bertz CT molecular complexity index is 209. The summed E-state index contributed by atoms with van der Waals surface area (Å²) < 4.78 is 4.36. The summed E-state index contributed by atoms with van der Waals surface area (Å²) in [6.07, 6.45) is 0.0454. The molecule has 0 rings (SSSR count). The van der Waals surface area contributed by atoms with E-state index in [9.17, 15) is 9.59 Å². The standard InChI is InChI=1S/C7H11NO4/c1-5(3-7(11)12-2)8-4-6(9)10/h3-4H2,1-2H3,(H,9,10). The zero-order valence-corrected chi connectivity index (χ0v) is 7.03. The van der Waals surface area contributed by atoms with Crippen LogP contribution in [0.3, 0.4) is 0 Å². The van der Waals surface area contributed by atoms with E-state index in [1.165, 1.54) is 7.11 Å². The number of aliphatic imine (C=N–C) groups is 1. The average Bonchev–Trinajstić information content (AvgIpc) is 2.00. The first kappa shape index (κ1) is 10.6. The quantitative estimate of drug-likeness (QED) is 0.483. The molecule has 68 valence electrons. The fourth-order valence-electron chi connectivity index (χ4n) is 0.540. The fourth-order valence-corrected chi connectivity index (χ4v) is 0.540. The van der Waals surface area contributed by atoms with Gasteiger partial charge in [-0.1, -0.05) is 0 Å². The fraction of sp³-hybridized carbons (Fsp3) is 0.571. The second-order valence-electron chi connectivity index (χ2n) is 2.20. The van der Waals surface area contributed by atoms with Gasteiger partial charge in [-0.25, -0.2) is 0 Å². The van der Waals surface area contributed by atoms with Crippen molar-refractivity contribution < 1.29 is 19.4 Å². The Kier molecular flexibility index (Phi) is 4.67. The molecule has 0 heterocycles. The number of ether oxygens (including phenoxy) is 1. The van der Waals surface area contributed by atoms with Crippen LogP contribution in [0.4, 0.5) is 0 Å². The zero-order chi connectivity index (χ0) is 9.56. The van der Waals surface area contributed by atoms with Crippen LogP contribution in [0.5, 0.6) is 0 Å². The molecule has 0 fully saturated rings. The maximum atomic E-state index is 10.6. The third kappa shape index (κ3) is 5.40. The number of nitrogens with zero attached hydrogens (tertiary/aromatic N) is 1. The van der Waals surface area contributed by atoms with E-state index in [-0.39, 0.29) is 13.0 Å². The van der Waals surface area contributed by atoms with Crippen molar-refractivity contribution in [3.63, 3.8) is 0 Å². The average molecular weight is 173 g/mol. The zero-order valence-electron chi connectivity index (χ0n) is 7.03. The molecule has 0 spiro atoms. The molecule has 0 aromatic rings. The van der Waals surface area contributed by atoms with Gasteiger partial charge in [-0.15, -0.1) is 0 Å². The molecule has 0 aliphatic rings. The van der Waals surface area contributed by atoms with E-state index in [1.54, 1.807) is 6.92 Å². The van der Waals surface area contributed by atoms with Crippen molar-refractivity contribution in [2.45, 2.75) is 13.3 Å². The minimum Gasteiger partial charge on any atom is -0.480 e. The van der Waals surface area contributed by atoms with Crippen LogP contribution in [0.25, 0.3) is 0 Å². The van der Waals surface area contributed by atoms with Crippen LogP contribution in [-0.4, -0.2) is 36.4 Å². The van der Waals surface area contributed by atoms with Gasteiger partial charge in [0.1, 0.15) is 6.54 Å². The largest absolute Gasteiger partial charge is 0.480 e. The summed E-state index contributed by atoms with van der Waals surface area (Å²) in [6.45, 7) is 1.28. The van der Waals surface area contributed by atoms with E-state index >= 15 is 0 Å². The Hall–Kier alpha value is -1.39. The second kappa shape index (κ2) is 5.29. The number of carboxylic acids is 1. The summed E-state index contributed by atoms with van der Waals surface area (Å²) >= 11 is 0. The molecule has 0 saturated carbocycles. The van der Waals surface area contributed by atoms with Crippen molar-refractivity contribution in [2.75, 3.05) is 13.7 Å². The van der Waals surface area contributed by atoms with Crippen molar-refractivity contribution in [1.29, 1.82) is 0 Å². The summed E-state index contributed by atoms with van der Waals surface area (Å²) in [6, 6.07) is 0. The summed E-state index contributed by atoms with van der Waals surface area (Å²) in [5.74, 6) is -1.43. The number of rotatable bonds is 4. The Balaban J connectivity index is 3.85. The van der Waals surface area contributed by atoms with Crippen LogP contribution < -0.4 is 0 Å². The van der Waals surface area contributed by atoms with Gasteiger partial charge in [-0.05, 0) is 6.92 Å². The van der Waals surface area contributed by atoms with E-state index in [4.69, 9.17) is 5.11 Å². The highest BCUT2D eigenvalue weighted by Gasteiger charge is 2.02. The van der Waals surface area contributed by atoms with E-state index in [0.717, 1.165) is 0 Å². The number of carbonyl (C=O) groups excluding carboxylic acids is 1. The molecule has 12 heavy (non-hydrogen) atoms. The first-order valence-electron chi connectivity index (χ1n) is 3.34. The molecule has 0 aromatic heterocycles. The first-order chi connectivity index (χ1) is 5.56. The molecule has 0 aliphatic carbocycles. The van der Waals surface area contributed by atoms with Crippen LogP contribution in [-0.2, 0) is 14.3 Å². The van der Waals surface area contributed by atoms with E-state index in [1.807, 2.05) is 0 Å². The van der Waals surface area contributed by atoms with Crippen LogP contribution in [0.15, 0.2) is 4.99 Å². The monoisotopic (exact) mass is 173 g/mol. The molecular weight excluding hydrogens is 162 g/mol. The van der Waals surface area contributed by atoms with Crippen molar-refractivity contribution in [3.05, 3.63) is 0 Å². The van der Waals surface area contributed by atoms with E-state index in [2.05, 4.69) is 9.73 Å². The van der Waals surface area contributed by atoms with Crippen LogP contribution >= 0.6 is 0 Å². The molecule has 1 N–H and O–H groups in total. The molecular formula is C7H11NO4. The number of esters is 1. The maximum Gasteiger partial charge on any atom is 0.325 e. The Labute approximate surface area is 70.1 Å². The SMILES string of the molecule is COC(=O)CC(C)=NCC(=O)O. The molecule has 5 heteroatoms. The first-order valence-corrected chi connectivity index (χ1v) is 3.34. The Morgan fingerprint density at radius 1 is 1.50 bits per heavy atom. The smallest absolute Gasteiger partial charge is 0.325 e. The van der Waals surface area contributed by atoms with Crippen LogP contribution in [0, 0.1) is 0 Å². The molecule has 0 saturated heterocycles. The number of carbonyl (C=O) groups is 2. The third-order valence-electron chi connectivity index (χ3n) is 1.11.